The first kappa shape index (κ1) is 13.3. The van der Waals surface area contributed by atoms with Crippen LogP contribution in [0.5, 0.6) is 5.75 Å². The third kappa shape index (κ3) is 3.13. The minimum Gasteiger partial charge on any atom is -0.506 e. The molecule has 0 fully saturated rings. The van der Waals surface area contributed by atoms with E-state index in [0.29, 0.717) is 5.02 Å². The second-order valence-electron chi connectivity index (χ2n) is 4.81. The van der Waals surface area contributed by atoms with Gasteiger partial charge in [-0.2, -0.15) is 0 Å². The van der Waals surface area contributed by atoms with E-state index in [-0.39, 0.29) is 11.3 Å². The van der Waals surface area contributed by atoms with E-state index in [0.717, 1.165) is 18.5 Å². The summed E-state index contributed by atoms with van der Waals surface area (Å²) in [5.41, 5.74) is 1.29. The van der Waals surface area contributed by atoms with Crippen molar-refractivity contribution in [2.75, 3.05) is 7.05 Å². The number of rotatable bonds is 4. The molecule has 0 saturated carbocycles. The van der Waals surface area contributed by atoms with Gasteiger partial charge in [-0.25, -0.2) is 0 Å². The quantitative estimate of drug-likeness (QED) is 0.870. The van der Waals surface area contributed by atoms with Crippen molar-refractivity contribution >= 4 is 11.6 Å². The van der Waals surface area contributed by atoms with E-state index >= 15 is 0 Å². The summed E-state index contributed by atoms with van der Waals surface area (Å²) in [6.45, 7) is 7.45. The van der Waals surface area contributed by atoms with E-state index in [1.807, 2.05) is 12.1 Å². The van der Waals surface area contributed by atoms with Crippen molar-refractivity contribution in [2.24, 2.45) is 0 Å². The van der Waals surface area contributed by atoms with Gasteiger partial charge >= 0.3 is 0 Å². The maximum Gasteiger partial charge on any atom is 0.134 e. The molecule has 0 atom stereocenters. The molecule has 3 heteroatoms. The van der Waals surface area contributed by atoms with Crippen LogP contribution in [-0.2, 0) is 6.54 Å². The Labute approximate surface area is 103 Å². The molecule has 0 radical (unpaired) electrons. The predicted molar refractivity (Wildman–Crippen MR) is 69.0 cm³/mol. The summed E-state index contributed by atoms with van der Waals surface area (Å²) in [6.07, 6.45) is 1.09. The minimum absolute atomic E-state index is 0.142. The molecule has 1 N–H and O–H groups in total. The molecular formula is C13H20ClNO. The topological polar surface area (TPSA) is 23.5 Å². The number of phenols is 1. The van der Waals surface area contributed by atoms with Gasteiger partial charge in [0.2, 0.25) is 0 Å². The Morgan fingerprint density at radius 2 is 2.00 bits per heavy atom. The summed E-state index contributed by atoms with van der Waals surface area (Å²) in [7, 11) is 2.10. The van der Waals surface area contributed by atoms with Gasteiger partial charge in [0.25, 0.3) is 0 Å². The Morgan fingerprint density at radius 3 is 2.50 bits per heavy atom. The second-order valence-corrected chi connectivity index (χ2v) is 5.22. The van der Waals surface area contributed by atoms with Crippen molar-refractivity contribution in [3.63, 3.8) is 0 Å². The summed E-state index contributed by atoms with van der Waals surface area (Å²) in [5.74, 6) is 0.142. The number of nitrogens with zero attached hydrogens (tertiary/aromatic N) is 1. The fourth-order valence-corrected chi connectivity index (χ4v) is 1.61. The molecule has 0 unspecified atom stereocenters. The monoisotopic (exact) mass is 241 g/mol. The summed E-state index contributed by atoms with van der Waals surface area (Å²) in [5, 5.41) is 9.76. The molecule has 0 spiro atoms. The number of phenolic OH excluding ortho intramolecular Hbond substituents is 1. The third-order valence-corrected chi connectivity index (χ3v) is 3.63. The van der Waals surface area contributed by atoms with Gasteiger partial charge in [0, 0.05) is 12.1 Å². The highest BCUT2D eigenvalue weighted by atomic mass is 35.5. The SMILES string of the molecule is CCC(C)(C)N(C)Cc1ccc(O)c(Cl)c1. The summed E-state index contributed by atoms with van der Waals surface area (Å²) >= 11 is 5.88. The van der Waals surface area contributed by atoms with Crippen LogP contribution in [0.15, 0.2) is 18.2 Å². The lowest BCUT2D eigenvalue weighted by atomic mass is 9.99. The first-order valence-electron chi connectivity index (χ1n) is 5.55. The molecule has 0 aliphatic carbocycles. The maximum atomic E-state index is 9.34. The fraction of sp³-hybridized carbons (Fsp3) is 0.538. The van der Waals surface area contributed by atoms with Crippen LogP contribution in [0, 0.1) is 0 Å². The highest BCUT2D eigenvalue weighted by molar-refractivity contribution is 6.32. The van der Waals surface area contributed by atoms with Crippen molar-refractivity contribution in [3.05, 3.63) is 28.8 Å². The predicted octanol–water partition coefficient (Wildman–Crippen LogP) is 3.67. The van der Waals surface area contributed by atoms with Crippen LogP contribution in [0.4, 0.5) is 0 Å². The largest absolute Gasteiger partial charge is 0.506 e. The van der Waals surface area contributed by atoms with Crippen LogP contribution in [-0.4, -0.2) is 22.6 Å². The fourth-order valence-electron chi connectivity index (χ4n) is 1.41. The molecule has 0 heterocycles. The second kappa shape index (κ2) is 5.07. The molecule has 0 saturated heterocycles. The zero-order chi connectivity index (χ0) is 12.3. The molecule has 2 nitrogen and oxygen atoms in total. The van der Waals surface area contributed by atoms with Crippen molar-refractivity contribution < 1.29 is 5.11 Å². The Bertz CT molecular complexity index is 363. The molecule has 0 amide bonds. The van der Waals surface area contributed by atoms with Gasteiger partial charge in [0.05, 0.1) is 5.02 Å². The van der Waals surface area contributed by atoms with Crippen LogP contribution in [0.2, 0.25) is 5.02 Å². The maximum absolute atomic E-state index is 9.34. The van der Waals surface area contributed by atoms with E-state index in [1.165, 1.54) is 0 Å². The van der Waals surface area contributed by atoms with Crippen molar-refractivity contribution in [2.45, 2.75) is 39.3 Å². The number of hydrogen-bond donors (Lipinski definition) is 1. The molecular weight excluding hydrogens is 222 g/mol. The van der Waals surface area contributed by atoms with Gasteiger partial charge in [-0.05, 0) is 45.0 Å². The summed E-state index contributed by atoms with van der Waals surface area (Å²) < 4.78 is 0. The number of aromatic hydroxyl groups is 1. The average Bonchev–Trinajstić information content (AvgIpc) is 2.23. The zero-order valence-corrected chi connectivity index (χ0v) is 11.2. The van der Waals surface area contributed by atoms with Gasteiger partial charge in [-0.1, -0.05) is 24.6 Å². The first-order chi connectivity index (χ1) is 7.36. The van der Waals surface area contributed by atoms with Gasteiger partial charge in [-0.15, -0.1) is 0 Å². The van der Waals surface area contributed by atoms with Crippen LogP contribution >= 0.6 is 11.6 Å². The van der Waals surface area contributed by atoms with Crippen LogP contribution < -0.4 is 0 Å². The molecule has 0 aliphatic heterocycles. The highest BCUT2D eigenvalue weighted by Crippen LogP contribution is 2.26. The molecule has 1 rings (SSSR count). The van der Waals surface area contributed by atoms with Crippen LogP contribution in [0.3, 0.4) is 0 Å². The summed E-state index contributed by atoms with van der Waals surface area (Å²) in [6, 6.07) is 5.37. The Balaban J connectivity index is 2.77. The Kier molecular flexibility index (Phi) is 4.22. The molecule has 0 aromatic heterocycles. The summed E-state index contributed by atoms with van der Waals surface area (Å²) in [4.78, 5) is 2.29. The van der Waals surface area contributed by atoms with Gasteiger partial charge < -0.3 is 5.11 Å². The lowest BCUT2D eigenvalue weighted by molar-refractivity contribution is 0.143. The van der Waals surface area contributed by atoms with E-state index < -0.39 is 0 Å². The van der Waals surface area contributed by atoms with Crippen molar-refractivity contribution in [1.82, 2.24) is 4.90 Å². The van der Waals surface area contributed by atoms with Crippen molar-refractivity contribution in [3.8, 4) is 5.75 Å². The lowest BCUT2D eigenvalue weighted by Crippen LogP contribution is -2.39. The average molecular weight is 242 g/mol. The zero-order valence-electron chi connectivity index (χ0n) is 10.4. The van der Waals surface area contributed by atoms with E-state index in [1.54, 1.807) is 6.07 Å². The van der Waals surface area contributed by atoms with Crippen molar-refractivity contribution in [1.29, 1.82) is 0 Å². The van der Waals surface area contributed by atoms with E-state index in [2.05, 4.69) is 32.7 Å². The Morgan fingerprint density at radius 1 is 1.38 bits per heavy atom. The number of halogens is 1. The molecule has 90 valence electrons. The van der Waals surface area contributed by atoms with Crippen LogP contribution in [0.25, 0.3) is 0 Å². The molecule has 0 aliphatic rings. The normalized spacial score (nSPS) is 12.1. The van der Waals surface area contributed by atoms with Crippen LogP contribution in [0.1, 0.15) is 32.8 Å². The van der Waals surface area contributed by atoms with Gasteiger partial charge in [0.15, 0.2) is 0 Å². The highest BCUT2D eigenvalue weighted by Gasteiger charge is 2.20. The minimum atomic E-state index is 0.142. The number of benzene rings is 1. The van der Waals surface area contributed by atoms with Gasteiger partial charge in [-0.3, -0.25) is 4.90 Å². The molecule has 1 aromatic carbocycles. The molecule has 16 heavy (non-hydrogen) atoms. The molecule has 0 bridgehead atoms. The van der Waals surface area contributed by atoms with E-state index in [4.69, 9.17) is 11.6 Å². The van der Waals surface area contributed by atoms with Gasteiger partial charge in [0.1, 0.15) is 5.75 Å². The standard InChI is InChI=1S/C13H20ClNO/c1-5-13(2,3)15(4)9-10-6-7-12(16)11(14)8-10/h6-8,16H,5,9H2,1-4H3. The lowest BCUT2D eigenvalue weighted by Gasteiger charge is -2.34. The third-order valence-electron chi connectivity index (χ3n) is 3.33. The van der Waals surface area contributed by atoms with E-state index in [9.17, 15) is 5.11 Å². The number of hydrogen-bond acceptors (Lipinski definition) is 2. The smallest absolute Gasteiger partial charge is 0.134 e. The Hall–Kier alpha value is -0.730. The first-order valence-corrected chi connectivity index (χ1v) is 5.93. The molecule has 1 aromatic rings.